The lowest BCUT2D eigenvalue weighted by Gasteiger charge is -2.26. The molecule has 156 valence electrons. The number of nitrogens with zero attached hydrogens (tertiary/aromatic N) is 2. The molecule has 0 saturated carbocycles. The molecular weight excluding hydrogens is 352 g/mol. The highest BCUT2D eigenvalue weighted by atomic mass is 16.5. The highest BCUT2D eigenvalue weighted by Gasteiger charge is 2.26. The first-order valence-corrected chi connectivity index (χ1v) is 10.2. The van der Waals surface area contributed by atoms with Crippen molar-refractivity contribution in [1.82, 2.24) is 15.6 Å². The van der Waals surface area contributed by atoms with E-state index in [9.17, 15) is 4.79 Å². The lowest BCUT2D eigenvalue weighted by atomic mass is 10.1. The van der Waals surface area contributed by atoms with Crippen molar-refractivity contribution in [2.45, 2.75) is 59.8 Å². The second-order valence-corrected chi connectivity index (χ2v) is 6.64. The van der Waals surface area contributed by atoms with Gasteiger partial charge in [0.15, 0.2) is 5.84 Å². The molecule has 0 saturated heterocycles. The third kappa shape index (κ3) is 6.91. The first kappa shape index (κ1) is 23.5. The van der Waals surface area contributed by atoms with Crippen LogP contribution in [0.25, 0.3) is 0 Å². The van der Waals surface area contributed by atoms with Crippen molar-refractivity contribution >= 4 is 11.7 Å². The van der Waals surface area contributed by atoms with E-state index in [-0.39, 0.29) is 5.91 Å². The largest absolute Gasteiger partial charge is 0.493 e. The zero-order chi connectivity index (χ0) is 20.9. The van der Waals surface area contributed by atoms with Crippen LogP contribution in [0.1, 0.15) is 65.4 Å². The highest BCUT2D eigenvalue weighted by molar-refractivity contribution is 6.15. The van der Waals surface area contributed by atoms with Crippen molar-refractivity contribution in [3.8, 4) is 5.75 Å². The fraction of sp³-hybridized carbons (Fsp3) is 0.545. The molecule has 0 unspecified atom stereocenters. The van der Waals surface area contributed by atoms with Gasteiger partial charge in [0.25, 0.3) is 5.91 Å². The van der Waals surface area contributed by atoms with E-state index in [0.29, 0.717) is 23.9 Å². The van der Waals surface area contributed by atoms with Crippen LogP contribution in [0.4, 0.5) is 0 Å². The van der Waals surface area contributed by atoms with Crippen LogP contribution in [0.3, 0.4) is 0 Å². The molecule has 28 heavy (non-hydrogen) atoms. The normalized spacial score (nSPS) is 15.1. The Morgan fingerprint density at radius 2 is 1.79 bits per heavy atom. The van der Waals surface area contributed by atoms with E-state index < -0.39 is 0 Å². The van der Waals surface area contributed by atoms with Crippen LogP contribution in [-0.2, 0) is 4.79 Å². The SMILES string of the molecule is CCCCCCC.CCOc1ccccc1C1=NN(C)/C(=C(/C)NC)C(=O)N1. The summed E-state index contributed by atoms with van der Waals surface area (Å²) in [6.07, 6.45) is 7.01. The lowest BCUT2D eigenvalue weighted by molar-refractivity contribution is -0.118. The Balaban J connectivity index is 0.000000480. The molecule has 0 radical (unpaired) electrons. The first-order valence-electron chi connectivity index (χ1n) is 10.2. The molecule has 6 heteroatoms. The van der Waals surface area contributed by atoms with E-state index in [1.165, 1.54) is 32.1 Å². The molecule has 1 aliphatic heterocycles. The number of para-hydroxylation sites is 1. The molecule has 1 heterocycles. The quantitative estimate of drug-likeness (QED) is 0.516. The lowest BCUT2D eigenvalue weighted by Crippen LogP contribution is -2.43. The number of hydrogen-bond acceptors (Lipinski definition) is 5. The Bertz CT molecular complexity index is 679. The van der Waals surface area contributed by atoms with Crippen molar-refractivity contribution in [2.75, 3.05) is 20.7 Å². The Morgan fingerprint density at radius 1 is 1.14 bits per heavy atom. The molecule has 1 aromatic carbocycles. The topological polar surface area (TPSA) is 66.0 Å². The summed E-state index contributed by atoms with van der Waals surface area (Å²) >= 11 is 0. The summed E-state index contributed by atoms with van der Waals surface area (Å²) in [6.45, 7) is 8.80. The Morgan fingerprint density at radius 3 is 2.32 bits per heavy atom. The molecule has 1 amide bonds. The van der Waals surface area contributed by atoms with E-state index in [1.807, 2.05) is 38.1 Å². The van der Waals surface area contributed by atoms with Gasteiger partial charge >= 0.3 is 0 Å². The average molecular weight is 389 g/mol. The van der Waals surface area contributed by atoms with Gasteiger partial charge in [-0.05, 0) is 26.0 Å². The van der Waals surface area contributed by atoms with Gasteiger partial charge in [-0.25, -0.2) is 0 Å². The first-order chi connectivity index (χ1) is 13.5. The minimum absolute atomic E-state index is 0.194. The molecule has 2 N–H and O–H groups in total. The second kappa shape index (κ2) is 12.8. The molecule has 6 nitrogen and oxygen atoms in total. The van der Waals surface area contributed by atoms with E-state index in [2.05, 4.69) is 29.6 Å². The van der Waals surface area contributed by atoms with Gasteiger partial charge in [0, 0.05) is 19.8 Å². The number of rotatable bonds is 8. The number of likely N-dealkylation sites (N-methyl/N-ethyl adjacent to an activating group) is 1. The molecule has 0 spiro atoms. The molecule has 0 fully saturated rings. The van der Waals surface area contributed by atoms with Crippen LogP contribution in [0, 0.1) is 0 Å². The van der Waals surface area contributed by atoms with Crippen molar-refractivity contribution in [1.29, 1.82) is 0 Å². The number of ether oxygens (including phenoxy) is 1. The van der Waals surface area contributed by atoms with Crippen LogP contribution in [0.2, 0.25) is 0 Å². The number of benzene rings is 1. The number of allylic oxidation sites excluding steroid dienone is 1. The number of carbonyl (C=O) groups is 1. The number of amidine groups is 1. The predicted molar refractivity (Wildman–Crippen MR) is 116 cm³/mol. The summed E-state index contributed by atoms with van der Waals surface area (Å²) in [6, 6.07) is 7.51. The standard InChI is InChI=1S/C15H20N4O2.C7H16/c1-5-21-12-9-7-6-8-11(12)14-17-15(20)13(10(2)16-3)19(4)18-14;1-3-5-7-6-4-2/h6-9,16H,5H2,1-4H3,(H,17,18,20);3-7H2,1-2H3/b13-10-;. The van der Waals surface area contributed by atoms with Gasteiger partial charge in [-0.3, -0.25) is 9.80 Å². The average Bonchev–Trinajstić information content (AvgIpc) is 2.69. The zero-order valence-corrected chi connectivity index (χ0v) is 18.3. The zero-order valence-electron chi connectivity index (χ0n) is 18.3. The number of hydrazone groups is 1. The maximum Gasteiger partial charge on any atom is 0.276 e. The summed E-state index contributed by atoms with van der Waals surface area (Å²) in [5.74, 6) is 0.991. The fourth-order valence-corrected chi connectivity index (χ4v) is 2.81. The Hall–Kier alpha value is -2.50. The third-order valence-corrected chi connectivity index (χ3v) is 4.40. The fourth-order valence-electron chi connectivity index (χ4n) is 2.81. The molecule has 0 atom stereocenters. The van der Waals surface area contributed by atoms with Gasteiger partial charge in [0.05, 0.1) is 12.2 Å². The van der Waals surface area contributed by atoms with E-state index in [4.69, 9.17) is 4.74 Å². The summed E-state index contributed by atoms with van der Waals surface area (Å²) in [7, 11) is 3.52. The van der Waals surface area contributed by atoms with Crippen LogP contribution in [0.15, 0.2) is 40.8 Å². The van der Waals surface area contributed by atoms with Crippen molar-refractivity contribution in [3.05, 3.63) is 41.2 Å². The minimum Gasteiger partial charge on any atom is -0.493 e. The number of hydrogen-bond donors (Lipinski definition) is 2. The van der Waals surface area contributed by atoms with E-state index >= 15 is 0 Å². The Kier molecular flexibility index (Phi) is 10.8. The molecule has 0 aromatic heterocycles. The predicted octanol–water partition coefficient (Wildman–Crippen LogP) is 4.24. The summed E-state index contributed by atoms with van der Waals surface area (Å²) in [5.41, 5.74) is 2.02. The Labute approximate surface area is 170 Å². The molecular formula is C22H36N4O2. The molecule has 1 aromatic rings. The van der Waals surface area contributed by atoms with Gasteiger partial charge in [-0.2, -0.15) is 5.10 Å². The molecule has 0 bridgehead atoms. The van der Waals surface area contributed by atoms with Gasteiger partial charge in [0.2, 0.25) is 0 Å². The van der Waals surface area contributed by atoms with Crippen molar-refractivity contribution < 1.29 is 9.53 Å². The van der Waals surface area contributed by atoms with Crippen LogP contribution in [-0.4, -0.2) is 37.5 Å². The number of unbranched alkanes of at least 4 members (excludes halogenated alkanes) is 4. The monoisotopic (exact) mass is 388 g/mol. The molecule has 1 aliphatic rings. The van der Waals surface area contributed by atoms with Gasteiger partial charge in [-0.15, -0.1) is 0 Å². The van der Waals surface area contributed by atoms with Crippen LogP contribution in [0.5, 0.6) is 5.75 Å². The number of amides is 1. The summed E-state index contributed by atoms with van der Waals surface area (Å²) < 4.78 is 5.58. The van der Waals surface area contributed by atoms with Crippen molar-refractivity contribution in [3.63, 3.8) is 0 Å². The third-order valence-electron chi connectivity index (χ3n) is 4.40. The van der Waals surface area contributed by atoms with Crippen LogP contribution >= 0.6 is 0 Å². The summed E-state index contributed by atoms with van der Waals surface area (Å²) in [4.78, 5) is 12.3. The minimum atomic E-state index is -0.194. The van der Waals surface area contributed by atoms with E-state index in [0.717, 1.165) is 11.3 Å². The maximum absolute atomic E-state index is 12.3. The van der Waals surface area contributed by atoms with Crippen molar-refractivity contribution in [2.24, 2.45) is 5.10 Å². The van der Waals surface area contributed by atoms with Gasteiger partial charge < -0.3 is 15.4 Å². The second-order valence-electron chi connectivity index (χ2n) is 6.64. The molecule has 0 aliphatic carbocycles. The maximum atomic E-state index is 12.3. The summed E-state index contributed by atoms with van der Waals surface area (Å²) in [5, 5.41) is 11.8. The smallest absolute Gasteiger partial charge is 0.276 e. The van der Waals surface area contributed by atoms with Gasteiger partial charge in [0.1, 0.15) is 11.4 Å². The van der Waals surface area contributed by atoms with Gasteiger partial charge in [-0.1, -0.05) is 58.1 Å². The number of nitrogens with one attached hydrogen (secondary N) is 2. The van der Waals surface area contributed by atoms with Crippen LogP contribution < -0.4 is 15.4 Å². The number of carbonyl (C=O) groups excluding carboxylic acids is 1. The highest BCUT2D eigenvalue weighted by Crippen LogP contribution is 2.21. The van der Waals surface area contributed by atoms with E-state index in [1.54, 1.807) is 19.1 Å². The molecule has 2 rings (SSSR count).